The molecule has 12 nitrogen and oxygen atoms in total. The fourth-order valence-corrected chi connectivity index (χ4v) is 13.1. The van der Waals surface area contributed by atoms with E-state index in [0.717, 1.165) is 58.0 Å². The van der Waals surface area contributed by atoms with Crippen LogP contribution < -0.4 is 0 Å². The Bertz CT molecular complexity index is 1260. The first-order chi connectivity index (χ1) is 24.1. The molecule has 8 fully saturated rings. The maximum atomic E-state index is 11.7. The van der Waals surface area contributed by atoms with Gasteiger partial charge in [0.15, 0.2) is 18.4 Å². The van der Waals surface area contributed by atoms with Gasteiger partial charge in [-0.25, -0.2) is 0 Å². The number of fused-ring (bicyclic) bond motifs is 7. The summed E-state index contributed by atoms with van der Waals surface area (Å²) in [5, 5.41) is 65.0. The third-order valence-corrected chi connectivity index (χ3v) is 16.1. The number of hydrogen-bond donors (Lipinski definition) is 6. The molecular formula is C39H64O12. The van der Waals surface area contributed by atoms with Crippen LogP contribution in [0.15, 0.2) is 0 Å². The van der Waals surface area contributed by atoms with Crippen molar-refractivity contribution in [1.82, 2.24) is 0 Å². The second-order valence-electron chi connectivity index (χ2n) is 18.8. The first kappa shape index (κ1) is 37.4. The topological polar surface area (TPSA) is 177 Å². The van der Waals surface area contributed by atoms with Crippen LogP contribution in [-0.2, 0) is 28.4 Å². The molecule has 1 spiro atoms. The number of hydrogen-bond acceptors (Lipinski definition) is 12. The van der Waals surface area contributed by atoms with Crippen LogP contribution in [0.5, 0.6) is 0 Å². The highest BCUT2D eigenvalue weighted by molar-refractivity contribution is 5.16. The first-order valence-corrected chi connectivity index (χ1v) is 20.1. The van der Waals surface area contributed by atoms with Crippen LogP contribution in [0.4, 0.5) is 0 Å². The van der Waals surface area contributed by atoms with Crippen molar-refractivity contribution in [1.29, 1.82) is 0 Å². The van der Waals surface area contributed by atoms with Crippen molar-refractivity contribution in [3.05, 3.63) is 0 Å². The molecule has 292 valence electrons. The SMILES string of the molecule is C[C@@H]1CC[C@@]2(OC1)O[C@H]1C[C@H]3[C@@H]4C[C@H](O[C@@H]5O[C@H](C)[C@@H](O)[C@H](O[C@@H]6O[C@H](C)[C@@H](O)[C@H](O)[C@@H]6O)[C@H]5O)[C@H]5C[C@@H](O)CC[C@]5(C)[C@H]4CC[C@]3(C)[C@H]1[C@@H]2C. The van der Waals surface area contributed by atoms with Gasteiger partial charge < -0.3 is 59.1 Å². The van der Waals surface area contributed by atoms with Crippen LogP contribution in [0, 0.1) is 52.3 Å². The Balaban J connectivity index is 1.04. The van der Waals surface area contributed by atoms with Crippen LogP contribution in [0.1, 0.15) is 99.3 Å². The molecule has 4 aliphatic carbocycles. The van der Waals surface area contributed by atoms with E-state index in [-0.39, 0.29) is 29.0 Å². The molecule has 12 heteroatoms. The molecule has 4 saturated carbocycles. The van der Waals surface area contributed by atoms with Gasteiger partial charge in [-0.15, -0.1) is 0 Å². The van der Waals surface area contributed by atoms with Crippen LogP contribution >= 0.6 is 0 Å². The van der Waals surface area contributed by atoms with Crippen LogP contribution in [0.2, 0.25) is 0 Å². The molecule has 0 amide bonds. The largest absolute Gasteiger partial charge is 0.393 e. The summed E-state index contributed by atoms with van der Waals surface area (Å²) in [7, 11) is 0. The molecule has 23 atom stereocenters. The number of rotatable bonds is 4. The van der Waals surface area contributed by atoms with E-state index in [1.165, 1.54) is 0 Å². The maximum Gasteiger partial charge on any atom is 0.187 e. The summed E-state index contributed by atoms with van der Waals surface area (Å²) in [5.41, 5.74) is 0.0492. The second kappa shape index (κ2) is 13.3. The molecule has 0 aromatic carbocycles. The van der Waals surface area contributed by atoms with Gasteiger partial charge in [0.1, 0.15) is 36.6 Å². The summed E-state index contributed by atoms with van der Waals surface area (Å²) in [6, 6.07) is 0. The quantitative estimate of drug-likeness (QED) is 0.234. The average molecular weight is 725 g/mol. The molecular weight excluding hydrogens is 660 g/mol. The third kappa shape index (κ3) is 5.83. The van der Waals surface area contributed by atoms with Crippen LogP contribution in [0.25, 0.3) is 0 Å². The zero-order chi connectivity index (χ0) is 36.4. The Kier molecular flexibility index (Phi) is 9.79. The zero-order valence-electron chi connectivity index (χ0n) is 31.3. The standard InChI is InChI=1S/C39H64O12/c1-17-7-12-39(46-16-17)18(2)28-27(51-39)15-24-22-14-26(25-13-21(40)8-10-37(25,5)23(22)9-11-38(24,28)6)49-36-33(45)34(30(42)20(4)48-36)50-35-32(44)31(43)29(41)19(3)47-35/h17-36,40-45H,7-16H2,1-6H3/t17-,18+,19-,20-,21+,22-,23+,24+,25-,26+,27+,28+,29-,30-,31+,32+,33-,34+,35+,36+,37-,38+,39-/m1/s1. The van der Waals surface area contributed by atoms with Crippen molar-refractivity contribution in [3.8, 4) is 0 Å². The van der Waals surface area contributed by atoms with E-state index in [9.17, 15) is 30.6 Å². The molecule has 0 radical (unpaired) electrons. The van der Waals surface area contributed by atoms with Gasteiger partial charge in [-0.1, -0.05) is 27.7 Å². The van der Waals surface area contributed by atoms with Crippen molar-refractivity contribution < 1.29 is 59.1 Å². The van der Waals surface area contributed by atoms with Crippen LogP contribution in [0.3, 0.4) is 0 Å². The summed E-state index contributed by atoms with van der Waals surface area (Å²) in [4.78, 5) is 0. The predicted molar refractivity (Wildman–Crippen MR) is 182 cm³/mol. The van der Waals surface area contributed by atoms with Gasteiger partial charge in [0.2, 0.25) is 0 Å². The predicted octanol–water partition coefficient (Wildman–Crippen LogP) is 2.47. The Morgan fingerprint density at radius 1 is 0.627 bits per heavy atom. The Hall–Kier alpha value is -0.480. The van der Waals surface area contributed by atoms with Gasteiger partial charge in [-0.3, -0.25) is 0 Å². The van der Waals surface area contributed by atoms with Gasteiger partial charge in [0.05, 0.1) is 37.1 Å². The lowest BCUT2D eigenvalue weighted by Gasteiger charge is -2.63. The molecule has 0 aromatic rings. The van der Waals surface area contributed by atoms with Gasteiger partial charge in [0.25, 0.3) is 0 Å². The molecule has 0 unspecified atom stereocenters. The Morgan fingerprint density at radius 3 is 2.02 bits per heavy atom. The second-order valence-corrected chi connectivity index (χ2v) is 18.8. The summed E-state index contributed by atoms with van der Waals surface area (Å²) in [5.74, 6) is 2.22. The van der Waals surface area contributed by atoms with Gasteiger partial charge in [-0.05, 0) is 112 Å². The van der Waals surface area contributed by atoms with E-state index >= 15 is 0 Å². The minimum absolute atomic E-state index is 0.0575. The van der Waals surface area contributed by atoms with E-state index < -0.39 is 73.3 Å². The maximum absolute atomic E-state index is 11.7. The zero-order valence-corrected chi connectivity index (χ0v) is 31.3. The van der Waals surface area contributed by atoms with E-state index in [0.29, 0.717) is 41.9 Å². The van der Waals surface area contributed by atoms with Crippen molar-refractivity contribution in [2.45, 2.75) is 185 Å². The minimum atomic E-state index is -1.59. The highest BCUT2D eigenvalue weighted by Crippen LogP contribution is 2.71. The number of aliphatic hydroxyl groups is 6. The summed E-state index contributed by atoms with van der Waals surface area (Å²) in [6.45, 7) is 13.5. The molecule has 8 rings (SSSR count). The van der Waals surface area contributed by atoms with Gasteiger partial charge in [0, 0.05) is 12.3 Å². The monoisotopic (exact) mass is 724 g/mol. The minimum Gasteiger partial charge on any atom is -0.393 e. The lowest BCUT2D eigenvalue weighted by Crippen LogP contribution is -2.64. The van der Waals surface area contributed by atoms with E-state index in [1.807, 2.05) is 0 Å². The molecule has 51 heavy (non-hydrogen) atoms. The Morgan fingerprint density at radius 2 is 1.31 bits per heavy atom. The molecule has 0 aromatic heterocycles. The summed E-state index contributed by atoms with van der Waals surface area (Å²) < 4.78 is 38.2. The molecule has 0 bridgehead atoms. The van der Waals surface area contributed by atoms with E-state index in [4.69, 9.17) is 28.4 Å². The highest BCUT2D eigenvalue weighted by Gasteiger charge is 2.70. The molecule has 8 aliphatic rings. The van der Waals surface area contributed by atoms with Crippen LogP contribution in [-0.4, -0.2) is 123 Å². The third-order valence-electron chi connectivity index (χ3n) is 16.1. The average Bonchev–Trinajstić information content (AvgIpc) is 3.54. The molecule has 4 heterocycles. The smallest absolute Gasteiger partial charge is 0.187 e. The first-order valence-electron chi connectivity index (χ1n) is 20.1. The van der Waals surface area contributed by atoms with Crippen molar-refractivity contribution >= 4 is 0 Å². The number of ether oxygens (including phenoxy) is 6. The van der Waals surface area contributed by atoms with Crippen molar-refractivity contribution in [2.24, 2.45) is 52.3 Å². The van der Waals surface area contributed by atoms with E-state index in [1.54, 1.807) is 13.8 Å². The lowest BCUT2D eigenvalue weighted by atomic mass is 9.43. The number of aliphatic hydroxyl groups excluding tert-OH is 6. The fourth-order valence-electron chi connectivity index (χ4n) is 13.1. The van der Waals surface area contributed by atoms with E-state index in [2.05, 4.69) is 27.7 Å². The summed E-state index contributed by atoms with van der Waals surface area (Å²) >= 11 is 0. The Labute approximate surface area is 302 Å². The van der Waals surface area contributed by atoms with Gasteiger partial charge >= 0.3 is 0 Å². The highest BCUT2D eigenvalue weighted by atomic mass is 16.7. The summed E-state index contributed by atoms with van der Waals surface area (Å²) in [6.07, 6.45) is -4.60. The molecule has 4 saturated heterocycles. The normalized spacial score (nSPS) is 61.4. The lowest BCUT2D eigenvalue weighted by molar-refractivity contribution is -0.363. The van der Waals surface area contributed by atoms with Gasteiger partial charge in [-0.2, -0.15) is 0 Å². The van der Waals surface area contributed by atoms with Crippen molar-refractivity contribution in [2.75, 3.05) is 6.61 Å². The molecule has 6 N–H and O–H groups in total. The molecule has 4 aliphatic heterocycles. The fraction of sp³-hybridized carbons (Fsp3) is 1.00. The van der Waals surface area contributed by atoms with Crippen molar-refractivity contribution in [3.63, 3.8) is 0 Å².